The molecule has 11 fully saturated rings. The van der Waals surface area contributed by atoms with Crippen molar-refractivity contribution in [3.05, 3.63) is 0 Å². The van der Waals surface area contributed by atoms with Gasteiger partial charge in [0.05, 0.1) is 24.3 Å². The molecule has 0 bridgehead atoms. The number of sulfonamides is 1. The SMILES string of the molecule is CNC1CCC(N)C1.CNC1CCC(NC(C)=O)C1.CNC1CCC(NC(C)=O)CC1.CNC1CCC(NC)C1.CNC1CCC(NS(C)(=O)=O)C1.CNC1CCCC1NC.CNC1CCCC1NC(=O)CN.CNC1CCOCC1.CNC1CCS(=O)(=O)CC1.CNC1CCS(=O)CC1.CNC1CCSCC1. The Morgan fingerprint density at radius 1 is 0.398 bits per heavy atom. The maximum Gasteiger partial charge on any atom is 0.234 e. The molecule has 642 valence electrons. The maximum absolute atomic E-state index is 11.0. The molecule has 7 saturated carbocycles. The van der Waals surface area contributed by atoms with Crippen LogP contribution in [0.2, 0.25) is 0 Å². The Hall–Kier alpha value is -1.87. The molecule has 28 nitrogen and oxygen atoms in total. The molecule has 4 aliphatic heterocycles. The first-order valence-electron chi connectivity index (χ1n) is 41.4. The van der Waals surface area contributed by atoms with Crippen molar-refractivity contribution < 1.29 is 40.2 Å². The van der Waals surface area contributed by atoms with Crippen LogP contribution in [0.3, 0.4) is 0 Å². The molecule has 12 atom stereocenters. The van der Waals surface area contributed by atoms with Gasteiger partial charge in [-0.15, -0.1) is 0 Å². The van der Waals surface area contributed by atoms with E-state index in [0.29, 0.717) is 78.0 Å². The van der Waals surface area contributed by atoms with Crippen molar-refractivity contribution in [2.24, 2.45) is 11.5 Å². The van der Waals surface area contributed by atoms with Gasteiger partial charge in [-0.2, -0.15) is 11.8 Å². The second-order valence-corrected chi connectivity index (χ2v) is 37.9. The van der Waals surface area contributed by atoms with E-state index in [1.807, 2.05) is 84.6 Å². The van der Waals surface area contributed by atoms with Gasteiger partial charge >= 0.3 is 0 Å². The van der Waals surface area contributed by atoms with Gasteiger partial charge in [0.25, 0.3) is 0 Å². The lowest BCUT2D eigenvalue weighted by atomic mass is 9.91. The van der Waals surface area contributed by atoms with E-state index in [9.17, 15) is 35.4 Å². The topological polar surface area (TPSA) is 402 Å². The van der Waals surface area contributed by atoms with E-state index >= 15 is 0 Å². The summed E-state index contributed by atoms with van der Waals surface area (Å²) in [5, 5.41) is 50.8. The van der Waals surface area contributed by atoms with E-state index in [4.69, 9.17) is 16.2 Å². The lowest BCUT2D eigenvalue weighted by Gasteiger charge is -2.28. The third kappa shape index (κ3) is 51.2. The molecule has 0 aromatic rings. The number of rotatable bonds is 19. The highest BCUT2D eigenvalue weighted by molar-refractivity contribution is 7.99. The quantitative estimate of drug-likeness (QED) is 0.0879. The first-order chi connectivity index (χ1) is 51.6. The highest BCUT2D eigenvalue weighted by Crippen LogP contribution is 2.24. The van der Waals surface area contributed by atoms with Crippen molar-refractivity contribution in [3.8, 4) is 0 Å². The van der Waals surface area contributed by atoms with E-state index < -0.39 is 30.7 Å². The standard InChI is InChI=1S/C9H18N2O.C8H17N3O.C8H16N2O.C7H16N2O2S.2C7H16N2.C6H14N2.C6H13NO2S.C6H13NOS.C6H13NO.C6H13NS/c1-7(12)11-9-5-3-8(10-2)4-6-9;1-10-6-3-2-4-7(6)11-8(12)5-9;1-6(11)10-8-4-3-7(5-8)9-2;1-8-6-3-4-7(5-6)9-12(2,10)11;1-8-6-3-4-7(5-6)9-2;1-8-6-4-3-5-7(6)9-2;1-8-6-3-2-5(7)4-6;1-7-6-2-4-10(8,9)5-3-6;1-7-6-2-4-9(8)5-3-6;2*1-7-6-2-4-8-5-3-6/h8-10H,3-6H2,1-2H3,(H,11,12);6-7,10H,2-5,9H2,1H3,(H,11,12);7-9H,3-5H2,1-2H3,(H,10,11);6-9H,3-5H2,1-2H3;2*6-9H,3-5H2,1-2H3;5-6,8H,2-4,7H2,1H3;6-7H,2-5H2,1H3;6-7H,2-5H2,1H3;2*6-7H,2-5H2,1H3. The van der Waals surface area contributed by atoms with Gasteiger partial charge in [-0.25, -0.2) is 21.6 Å². The number of hydrogen-bond donors (Lipinski definition) is 19. The predicted octanol–water partition coefficient (Wildman–Crippen LogP) is 1.96. The van der Waals surface area contributed by atoms with Crippen molar-refractivity contribution in [3.63, 3.8) is 0 Å². The number of carbonyl (C=O) groups excluding carboxylic acids is 3. The normalized spacial score (nSPS) is 30.8. The summed E-state index contributed by atoms with van der Waals surface area (Å²) in [7, 11) is 19.7. The average molecular weight is 1620 g/mol. The van der Waals surface area contributed by atoms with Gasteiger partial charge in [0.15, 0.2) is 0 Å². The van der Waals surface area contributed by atoms with E-state index in [0.717, 1.165) is 145 Å². The predicted molar refractivity (Wildman–Crippen MR) is 456 cm³/mol. The number of likely N-dealkylation sites (N-methyl/N-ethyl adjacent to an activating group) is 3. The Bertz CT molecular complexity index is 2430. The first-order valence-corrected chi connectivity index (χ1v) is 47.7. The minimum atomic E-state index is -3.02. The van der Waals surface area contributed by atoms with Crippen LogP contribution in [-0.4, -0.2) is 300 Å². The molecule has 0 aromatic heterocycles. The van der Waals surface area contributed by atoms with Crippen molar-refractivity contribution in [1.29, 1.82) is 0 Å². The van der Waals surface area contributed by atoms with Crippen LogP contribution in [0, 0.1) is 0 Å². The monoisotopic (exact) mass is 1620 g/mol. The average Bonchev–Trinajstić information content (AvgIpc) is 1.84. The Labute approximate surface area is 665 Å². The summed E-state index contributed by atoms with van der Waals surface area (Å²) in [5.74, 6) is 5.35. The molecule has 11 aliphatic rings. The number of carbonyl (C=O) groups is 3. The molecule has 32 heteroatoms. The van der Waals surface area contributed by atoms with E-state index in [-0.39, 0.29) is 36.3 Å². The lowest BCUT2D eigenvalue weighted by molar-refractivity contribution is -0.121. The summed E-state index contributed by atoms with van der Waals surface area (Å²) in [6.07, 6.45) is 35.9. The van der Waals surface area contributed by atoms with E-state index in [2.05, 4.69) is 109 Å². The number of amides is 3. The smallest absolute Gasteiger partial charge is 0.234 e. The summed E-state index contributed by atoms with van der Waals surface area (Å²) in [4.78, 5) is 32.4. The van der Waals surface area contributed by atoms with Crippen LogP contribution in [0.25, 0.3) is 0 Å². The van der Waals surface area contributed by atoms with E-state index in [1.165, 1.54) is 120 Å². The first kappa shape index (κ1) is 104. The second-order valence-electron chi connectivity index (χ2n) is 30.9. The molecule has 11 rings (SSSR count). The zero-order valence-electron chi connectivity index (χ0n) is 70.4. The zero-order chi connectivity index (χ0) is 80.7. The molecule has 3 amide bonds. The maximum atomic E-state index is 11.0. The van der Waals surface area contributed by atoms with Crippen LogP contribution in [-0.2, 0) is 49.8 Å². The number of sulfone groups is 1. The molecule has 108 heavy (non-hydrogen) atoms. The fraction of sp³-hybridized carbons (Fsp3) is 0.961. The third-order valence-electron chi connectivity index (χ3n) is 22.8. The summed E-state index contributed by atoms with van der Waals surface area (Å²) < 4.78 is 62.1. The van der Waals surface area contributed by atoms with Crippen LogP contribution in [0.1, 0.15) is 206 Å². The van der Waals surface area contributed by atoms with Gasteiger partial charge in [0.1, 0.15) is 9.84 Å². The number of thioether (sulfide) groups is 1. The Morgan fingerprint density at radius 2 is 0.722 bits per heavy atom. The molecule has 4 heterocycles. The van der Waals surface area contributed by atoms with Crippen LogP contribution in [0.15, 0.2) is 0 Å². The zero-order valence-corrected chi connectivity index (χ0v) is 73.7. The molecule has 12 unspecified atom stereocenters. The molecular formula is C76H165N19O9S4. The minimum absolute atomic E-state index is 0.0536. The van der Waals surface area contributed by atoms with E-state index in [1.54, 1.807) is 13.8 Å². The van der Waals surface area contributed by atoms with Crippen molar-refractivity contribution in [2.45, 2.75) is 315 Å². The fourth-order valence-electron chi connectivity index (χ4n) is 15.5. The molecule has 4 saturated heterocycles. The van der Waals surface area contributed by atoms with Crippen LogP contribution in [0.4, 0.5) is 0 Å². The van der Waals surface area contributed by atoms with Crippen molar-refractivity contribution >= 4 is 60.1 Å². The number of hydrogen-bond acceptors (Lipinski definition) is 25. The van der Waals surface area contributed by atoms with Gasteiger partial charge in [-0.1, -0.05) is 6.42 Å². The molecule has 0 radical (unpaired) electrons. The summed E-state index contributed by atoms with van der Waals surface area (Å²) in [5.41, 5.74) is 10.9. The lowest BCUT2D eigenvalue weighted by Crippen LogP contribution is -2.47. The molecule has 7 aliphatic carbocycles. The minimum Gasteiger partial charge on any atom is -0.381 e. The van der Waals surface area contributed by atoms with Gasteiger partial charge in [-0.3, -0.25) is 18.6 Å². The van der Waals surface area contributed by atoms with Crippen LogP contribution in [0.5, 0.6) is 0 Å². The Morgan fingerprint density at radius 3 is 1.08 bits per heavy atom. The summed E-state index contributed by atoms with van der Waals surface area (Å²) in [6.45, 7) is 5.13. The van der Waals surface area contributed by atoms with Gasteiger partial charge < -0.3 is 101 Å². The Balaban J connectivity index is 0.000000596. The van der Waals surface area contributed by atoms with Gasteiger partial charge in [0.2, 0.25) is 27.7 Å². The van der Waals surface area contributed by atoms with Crippen molar-refractivity contribution in [2.75, 3.05) is 152 Å². The second kappa shape index (κ2) is 63.4. The number of nitrogens with one attached hydrogen (secondary N) is 17. The van der Waals surface area contributed by atoms with Crippen molar-refractivity contribution in [1.82, 2.24) is 89.8 Å². The molecule has 21 N–H and O–H groups in total. The molecule has 0 aromatic carbocycles. The number of ether oxygens (including phenoxy) is 1. The van der Waals surface area contributed by atoms with Gasteiger partial charge in [0, 0.05) is 158 Å². The fourth-order valence-corrected chi connectivity index (χ4v) is 20.3. The molecule has 0 spiro atoms. The highest BCUT2D eigenvalue weighted by atomic mass is 32.2. The Kier molecular flexibility index (Phi) is 61.1. The summed E-state index contributed by atoms with van der Waals surface area (Å²) >= 11 is 2.07. The molecular weight excluding hydrogens is 1450 g/mol. The number of nitrogens with two attached hydrogens (primary N) is 2. The van der Waals surface area contributed by atoms with Gasteiger partial charge in [-0.05, 0) is 289 Å². The highest BCUT2D eigenvalue weighted by Gasteiger charge is 2.30. The van der Waals surface area contributed by atoms with Crippen LogP contribution < -0.4 is 101 Å². The largest absolute Gasteiger partial charge is 0.381 e. The summed E-state index contributed by atoms with van der Waals surface area (Å²) in [6, 6.07) is 10.1. The third-order valence-corrected chi connectivity index (χ3v) is 27.7. The van der Waals surface area contributed by atoms with Crippen LogP contribution >= 0.6 is 11.8 Å².